The first-order valence-electron chi connectivity index (χ1n) is 5.26. The van der Waals surface area contributed by atoms with E-state index in [1.54, 1.807) is 12.2 Å². The van der Waals surface area contributed by atoms with E-state index in [0.29, 0.717) is 18.8 Å². The normalized spacial score (nSPS) is 9.89. The molecule has 0 radical (unpaired) electrons. The van der Waals surface area contributed by atoms with E-state index < -0.39 is 0 Å². The third kappa shape index (κ3) is 3.28. The average Bonchev–Trinajstić information content (AvgIpc) is 2.32. The Hall–Kier alpha value is -1.45. The van der Waals surface area contributed by atoms with Crippen molar-refractivity contribution in [2.75, 3.05) is 18.8 Å². The van der Waals surface area contributed by atoms with E-state index in [9.17, 15) is 4.79 Å². The van der Waals surface area contributed by atoms with Crippen molar-refractivity contribution in [3.63, 3.8) is 0 Å². The fourth-order valence-corrected chi connectivity index (χ4v) is 1.91. The molecule has 0 unspecified atom stereocenters. The third-order valence-electron chi connectivity index (χ3n) is 2.27. The molecular formula is C13H14Cl2N2O. The molecule has 1 amide bonds. The maximum absolute atomic E-state index is 12.3. The van der Waals surface area contributed by atoms with Gasteiger partial charge in [-0.05, 0) is 12.1 Å². The molecule has 18 heavy (non-hydrogen) atoms. The van der Waals surface area contributed by atoms with E-state index in [1.165, 1.54) is 17.0 Å². The van der Waals surface area contributed by atoms with E-state index in [2.05, 4.69) is 13.2 Å². The van der Waals surface area contributed by atoms with Crippen LogP contribution < -0.4 is 5.73 Å². The van der Waals surface area contributed by atoms with Crippen molar-refractivity contribution in [1.29, 1.82) is 0 Å². The van der Waals surface area contributed by atoms with Crippen molar-refractivity contribution in [1.82, 2.24) is 4.90 Å². The van der Waals surface area contributed by atoms with Crippen molar-refractivity contribution >= 4 is 34.8 Å². The van der Waals surface area contributed by atoms with E-state index in [0.717, 1.165) is 0 Å². The van der Waals surface area contributed by atoms with Crippen LogP contribution in [0.4, 0.5) is 5.69 Å². The molecule has 5 heteroatoms. The Morgan fingerprint density at radius 2 is 1.83 bits per heavy atom. The minimum atomic E-state index is -0.256. The van der Waals surface area contributed by atoms with Gasteiger partial charge >= 0.3 is 0 Å². The molecule has 0 saturated carbocycles. The van der Waals surface area contributed by atoms with E-state index in [1.807, 2.05) is 0 Å². The SMILES string of the molecule is C=CCN(CC=C)C(=O)c1cc(N)cc(Cl)c1Cl. The van der Waals surface area contributed by atoms with Gasteiger partial charge in [-0.2, -0.15) is 0 Å². The average molecular weight is 285 g/mol. The van der Waals surface area contributed by atoms with Crippen molar-refractivity contribution in [3.8, 4) is 0 Å². The summed E-state index contributed by atoms with van der Waals surface area (Å²) < 4.78 is 0. The lowest BCUT2D eigenvalue weighted by molar-refractivity contribution is 0.0791. The van der Waals surface area contributed by atoms with Gasteiger partial charge in [0.15, 0.2) is 0 Å². The largest absolute Gasteiger partial charge is 0.399 e. The number of nitrogen functional groups attached to an aromatic ring is 1. The number of carbonyl (C=O) groups is 1. The molecule has 0 fully saturated rings. The summed E-state index contributed by atoms with van der Waals surface area (Å²) in [6.07, 6.45) is 3.26. The highest BCUT2D eigenvalue weighted by atomic mass is 35.5. The van der Waals surface area contributed by atoms with Crippen LogP contribution in [0.15, 0.2) is 37.4 Å². The molecular weight excluding hydrogens is 271 g/mol. The highest BCUT2D eigenvalue weighted by molar-refractivity contribution is 6.44. The van der Waals surface area contributed by atoms with E-state index >= 15 is 0 Å². The fourth-order valence-electron chi connectivity index (χ4n) is 1.49. The number of nitrogens with two attached hydrogens (primary N) is 1. The second-order valence-corrected chi connectivity index (χ2v) is 4.44. The van der Waals surface area contributed by atoms with Gasteiger partial charge in [0.25, 0.3) is 5.91 Å². The Kier molecular flexibility index (Phi) is 5.25. The number of anilines is 1. The number of amides is 1. The Morgan fingerprint density at radius 3 is 2.33 bits per heavy atom. The van der Waals surface area contributed by atoms with Crippen LogP contribution >= 0.6 is 23.2 Å². The molecule has 0 aliphatic carbocycles. The van der Waals surface area contributed by atoms with E-state index in [4.69, 9.17) is 28.9 Å². The molecule has 96 valence electrons. The summed E-state index contributed by atoms with van der Waals surface area (Å²) in [7, 11) is 0. The molecule has 0 heterocycles. The quantitative estimate of drug-likeness (QED) is 0.665. The zero-order valence-corrected chi connectivity index (χ0v) is 11.3. The number of halogens is 2. The van der Waals surface area contributed by atoms with Crippen molar-refractivity contribution in [3.05, 3.63) is 53.1 Å². The predicted molar refractivity (Wildman–Crippen MR) is 77.2 cm³/mol. The molecule has 0 aliphatic rings. The van der Waals surface area contributed by atoms with Gasteiger partial charge in [-0.25, -0.2) is 0 Å². The predicted octanol–water partition coefficient (Wildman–Crippen LogP) is 3.39. The first-order chi connectivity index (χ1) is 8.51. The lowest BCUT2D eigenvalue weighted by atomic mass is 10.1. The number of rotatable bonds is 5. The second kappa shape index (κ2) is 6.47. The summed E-state index contributed by atoms with van der Waals surface area (Å²) in [5.41, 5.74) is 6.34. The van der Waals surface area contributed by atoms with Crippen molar-refractivity contribution in [2.45, 2.75) is 0 Å². The summed E-state index contributed by atoms with van der Waals surface area (Å²) in [4.78, 5) is 13.8. The van der Waals surface area contributed by atoms with Gasteiger partial charge in [-0.15, -0.1) is 13.2 Å². The molecule has 1 aromatic carbocycles. The van der Waals surface area contributed by atoms with Gasteiger partial charge in [-0.3, -0.25) is 4.79 Å². The maximum Gasteiger partial charge on any atom is 0.256 e. The molecule has 0 aliphatic heterocycles. The maximum atomic E-state index is 12.3. The van der Waals surface area contributed by atoms with Gasteiger partial charge in [-0.1, -0.05) is 35.4 Å². The molecule has 1 aromatic rings. The fraction of sp³-hybridized carbons (Fsp3) is 0.154. The molecule has 3 nitrogen and oxygen atoms in total. The van der Waals surface area contributed by atoms with Crippen LogP contribution in [0.2, 0.25) is 10.0 Å². The van der Waals surface area contributed by atoms with Gasteiger partial charge in [0.1, 0.15) is 0 Å². The van der Waals surface area contributed by atoms with Crippen LogP contribution in [0.25, 0.3) is 0 Å². The Morgan fingerprint density at radius 1 is 1.28 bits per heavy atom. The molecule has 2 N–H and O–H groups in total. The summed E-state index contributed by atoms with van der Waals surface area (Å²) in [6, 6.07) is 3.02. The topological polar surface area (TPSA) is 46.3 Å². The van der Waals surface area contributed by atoms with Crippen LogP contribution in [0.3, 0.4) is 0 Å². The summed E-state index contributed by atoms with van der Waals surface area (Å²) in [6.45, 7) is 8.00. The molecule has 0 bridgehead atoms. The van der Waals surface area contributed by atoms with Gasteiger partial charge in [0.2, 0.25) is 0 Å². The lowest BCUT2D eigenvalue weighted by Gasteiger charge is -2.20. The lowest BCUT2D eigenvalue weighted by Crippen LogP contribution is -2.31. The number of hydrogen-bond acceptors (Lipinski definition) is 2. The minimum Gasteiger partial charge on any atom is -0.399 e. The molecule has 0 spiro atoms. The number of carbonyl (C=O) groups excluding carboxylic acids is 1. The third-order valence-corrected chi connectivity index (χ3v) is 3.07. The van der Waals surface area contributed by atoms with Crippen LogP contribution in [-0.2, 0) is 0 Å². The highest BCUT2D eigenvalue weighted by Crippen LogP contribution is 2.29. The first-order valence-corrected chi connectivity index (χ1v) is 6.02. The number of benzene rings is 1. The number of hydrogen-bond donors (Lipinski definition) is 1. The molecule has 1 rings (SSSR count). The zero-order chi connectivity index (χ0) is 13.7. The van der Waals surface area contributed by atoms with Crippen molar-refractivity contribution < 1.29 is 4.79 Å². The van der Waals surface area contributed by atoms with Crippen LogP contribution in [0.1, 0.15) is 10.4 Å². The molecule has 0 atom stereocenters. The smallest absolute Gasteiger partial charge is 0.256 e. The van der Waals surface area contributed by atoms with Crippen molar-refractivity contribution in [2.24, 2.45) is 0 Å². The Balaban J connectivity index is 3.15. The monoisotopic (exact) mass is 284 g/mol. The van der Waals surface area contributed by atoms with Gasteiger partial charge in [0.05, 0.1) is 15.6 Å². The Labute approximate surface area is 116 Å². The summed E-state index contributed by atoms with van der Waals surface area (Å²) in [5.74, 6) is -0.256. The summed E-state index contributed by atoms with van der Waals surface area (Å²) in [5, 5.41) is 0.464. The van der Waals surface area contributed by atoms with Gasteiger partial charge < -0.3 is 10.6 Å². The standard InChI is InChI=1S/C13H14Cl2N2O/c1-3-5-17(6-4-2)13(18)10-7-9(16)8-11(14)12(10)15/h3-4,7-8H,1-2,5-6,16H2. The minimum absolute atomic E-state index is 0.203. The molecule has 0 aromatic heterocycles. The first kappa shape index (κ1) is 14.6. The second-order valence-electron chi connectivity index (χ2n) is 3.65. The highest BCUT2D eigenvalue weighted by Gasteiger charge is 2.18. The van der Waals surface area contributed by atoms with E-state index in [-0.39, 0.29) is 21.5 Å². The van der Waals surface area contributed by atoms with Gasteiger partial charge in [0, 0.05) is 18.8 Å². The zero-order valence-electron chi connectivity index (χ0n) is 9.83. The van der Waals surface area contributed by atoms with Crippen LogP contribution in [0.5, 0.6) is 0 Å². The van der Waals surface area contributed by atoms with Crippen LogP contribution in [0, 0.1) is 0 Å². The summed E-state index contributed by atoms with van der Waals surface area (Å²) >= 11 is 11.9. The molecule has 0 saturated heterocycles. The van der Waals surface area contributed by atoms with Crippen LogP contribution in [-0.4, -0.2) is 23.9 Å². The number of nitrogens with zero attached hydrogens (tertiary/aromatic N) is 1. The Bertz CT molecular complexity index is 476.